The smallest absolute Gasteiger partial charge is 0.229 e. The van der Waals surface area contributed by atoms with Crippen molar-refractivity contribution in [3.63, 3.8) is 0 Å². The first kappa shape index (κ1) is 17.0. The lowest BCUT2D eigenvalue weighted by Gasteiger charge is -2.19. The number of fused-ring (bicyclic) bond motifs is 1. The Morgan fingerprint density at radius 3 is 2.59 bits per heavy atom. The van der Waals surface area contributed by atoms with Crippen LogP contribution in [0.1, 0.15) is 5.56 Å². The zero-order valence-corrected chi connectivity index (χ0v) is 14.4. The van der Waals surface area contributed by atoms with E-state index < -0.39 is 11.6 Å². The zero-order chi connectivity index (χ0) is 18.8. The first-order valence-corrected chi connectivity index (χ1v) is 8.31. The molecule has 1 aromatic heterocycles. The maximum absolute atomic E-state index is 14.1. The number of benzene rings is 2. The van der Waals surface area contributed by atoms with Gasteiger partial charge < -0.3 is 20.1 Å². The van der Waals surface area contributed by atoms with Crippen molar-refractivity contribution in [1.82, 2.24) is 9.97 Å². The van der Waals surface area contributed by atoms with Crippen LogP contribution in [-0.4, -0.2) is 23.2 Å². The number of nitrogens with one attached hydrogen (secondary N) is 2. The molecule has 0 unspecified atom stereocenters. The molecule has 0 bridgehead atoms. The van der Waals surface area contributed by atoms with Crippen molar-refractivity contribution in [2.24, 2.45) is 0 Å². The molecule has 0 spiro atoms. The first-order chi connectivity index (χ1) is 13.1. The fourth-order valence-electron chi connectivity index (χ4n) is 2.63. The molecule has 0 radical (unpaired) electrons. The second-order valence-corrected chi connectivity index (χ2v) is 5.98. The highest BCUT2D eigenvalue weighted by Crippen LogP contribution is 2.33. The summed E-state index contributed by atoms with van der Waals surface area (Å²) in [4.78, 5) is 7.97. The molecule has 138 valence electrons. The Hall–Kier alpha value is -3.42. The van der Waals surface area contributed by atoms with Crippen LogP contribution in [0, 0.1) is 18.6 Å². The van der Waals surface area contributed by atoms with E-state index in [9.17, 15) is 8.78 Å². The Labute approximate surface area is 154 Å². The molecule has 3 aromatic rings. The van der Waals surface area contributed by atoms with Gasteiger partial charge in [-0.3, -0.25) is 0 Å². The standard InChI is InChI=1S/C19H16F2N4O2/c1-11-2-4-13(20)15(8-11)24-19-22-10-14(21)18(25-19)23-12-3-5-16-17(9-12)27-7-6-26-16/h2-5,8-10H,6-7H2,1H3,(H2,22,23,24,25). The first-order valence-electron chi connectivity index (χ1n) is 8.31. The third kappa shape index (κ3) is 3.74. The second kappa shape index (κ2) is 7.06. The van der Waals surface area contributed by atoms with Gasteiger partial charge in [0.1, 0.15) is 19.0 Å². The Bertz CT molecular complexity index is 997. The Kier molecular flexibility index (Phi) is 4.45. The van der Waals surface area contributed by atoms with Crippen LogP contribution in [-0.2, 0) is 0 Å². The largest absolute Gasteiger partial charge is 0.486 e. The highest BCUT2D eigenvalue weighted by atomic mass is 19.1. The summed E-state index contributed by atoms with van der Waals surface area (Å²) >= 11 is 0. The fraction of sp³-hybridized carbons (Fsp3) is 0.158. The molecule has 0 amide bonds. The number of hydrogen-bond donors (Lipinski definition) is 2. The van der Waals surface area contributed by atoms with Crippen molar-refractivity contribution in [1.29, 1.82) is 0 Å². The van der Waals surface area contributed by atoms with E-state index in [4.69, 9.17) is 9.47 Å². The number of halogens is 2. The summed E-state index contributed by atoms with van der Waals surface area (Å²) in [6, 6.07) is 9.77. The summed E-state index contributed by atoms with van der Waals surface area (Å²) in [6.45, 7) is 2.78. The second-order valence-electron chi connectivity index (χ2n) is 5.98. The molecule has 0 fully saturated rings. The van der Waals surface area contributed by atoms with E-state index in [-0.39, 0.29) is 17.5 Å². The summed E-state index contributed by atoms with van der Waals surface area (Å²) in [5.74, 6) is 0.140. The highest BCUT2D eigenvalue weighted by Gasteiger charge is 2.14. The number of rotatable bonds is 4. The minimum Gasteiger partial charge on any atom is -0.486 e. The molecule has 0 saturated carbocycles. The van der Waals surface area contributed by atoms with E-state index in [1.54, 1.807) is 30.3 Å². The lowest BCUT2D eigenvalue weighted by Crippen LogP contribution is -2.15. The Morgan fingerprint density at radius 1 is 0.926 bits per heavy atom. The van der Waals surface area contributed by atoms with Crippen molar-refractivity contribution in [2.75, 3.05) is 23.8 Å². The molecule has 27 heavy (non-hydrogen) atoms. The number of anilines is 4. The van der Waals surface area contributed by atoms with Crippen LogP contribution in [0.5, 0.6) is 11.5 Å². The minimum atomic E-state index is -0.639. The van der Waals surface area contributed by atoms with E-state index in [0.29, 0.717) is 30.4 Å². The average molecular weight is 370 g/mol. The third-order valence-electron chi connectivity index (χ3n) is 3.92. The molecule has 2 aromatic carbocycles. The molecule has 2 N–H and O–H groups in total. The molecule has 0 saturated heterocycles. The molecule has 2 heterocycles. The Morgan fingerprint density at radius 2 is 1.74 bits per heavy atom. The molecule has 1 aliphatic heterocycles. The van der Waals surface area contributed by atoms with Crippen molar-refractivity contribution in [2.45, 2.75) is 6.92 Å². The van der Waals surface area contributed by atoms with E-state index in [2.05, 4.69) is 20.6 Å². The lowest BCUT2D eigenvalue weighted by molar-refractivity contribution is 0.171. The van der Waals surface area contributed by atoms with Gasteiger partial charge in [-0.15, -0.1) is 0 Å². The van der Waals surface area contributed by atoms with Crippen LogP contribution in [0.25, 0.3) is 0 Å². The van der Waals surface area contributed by atoms with Gasteiger partial charge in [-0.05, 0) is 36.8 Å². The van der Waals surface area contributed by atoms with Gasteiger partial charge in [0.15, 0.2) is 23.1 Å². The predicted octanol–water partition coefficient (Wildman–Crippen LogP) is 4.32. The molecule has 1 aliphatic rings. The molecule has 4 rings (SSSR count). The SMILES string of the molecule is Cc1ccc(F)c(Nc2ncc(F)c(Nc3ccc4c(c3)OCCO4)n2)c1. The van der Waals surface area contributed by atoms with Gasteiger partial charge in [-0.1, -0.05) is 6.07 Å². The molecular formula is C19H16F2N4O2. The summed E-state index contributed by atoms with van der Waals surface area (Å²) in [7, 11) is 0. The monoisotopic (exact) mass is 370 g/mol. The van der Waals surface area contributed by atoms with E-state index >= 15 is 0 Å². The van der Waals surface area contributed by atoms with Gasteiger partial charge in [0.2, 0.25) is 5.95 Å². The molecule has 0 atom stereocenters. The summed E-state index contributed by atoms with van der Waals surface area (Å²) < 4.78 is 39.0. The van der Waals surface area contributed by atoms with Crippen molar-refractivity contribution in [3.05, 3.63) is 59.8 Å². The normalized spacial score (nSPS) is 12.6. The van der Waals surface area contributed by atoms with Crippen molar-refractivity contribution in [3.8, 4) is 11.5 Å². The van der Waals surface area contributed by atoms with Crippen LogP contribution >= 0.6 is 0 Å². The number of nitrogens with zero attached hydrogens (tertiary/aromatic N) is 2. The van der Waals surface area contributed by atoms with Gasteiger partial charge in [-0.25, -0.2) is 13.8 Å². The van der Waals surface area contributed by atoms with Crippen LogP contribution in [0.4, 0.5) is 31.9 Å². The van der Waals surface area contributed by atoms with Crippen LogP contribution < -0.4 is 20.1 Å². The molecule has 8 heteroatoms. The van der Waals surface area contributed by atoms with Gasteiger partial charge in [0, 0.05) is 11.8 Å². The number of hydrogen-bond acceptors (Lipinski definition) is 6. The quantitative estimate of drug-likeness (QED) is 0.713. The van der Waals surface area contributed by atoms with Crippen molar-refractivity contribution < 1.29 is 18.3 Å². The van der Waals surface area contributed by atoms with Gasteiger partial charge in [-0.2, -0.15) is 4.98 Å². The summed E-state index contributed by atoms with van der Waals surface area (Å²) in [5, 5.41) is 5.65. The summed E-state index contributed by atoms with van der Waals surface area (Å²) in [6.07, 6.45) is 1.02. The minimum absolute atomic E-state index is 0.0442. The summed E-state index contributed by atoms with van der Waals surface area (Å²) in [5.41, 5.74) is 1.66. The average Bonchev–Trinajstić information content (AvgIpc) is 2.67. The molecule has 0 aliphatic carbocycles. The number of ether oxygens (including phenoxy) is 2. The van der Waals surface area contributed by atoms with E-state index in [0.717, 1.165) is 11.8 Å². The van der Waals surface area contributed by atoms with Gasteiger partial charge in [0.05, 0.1) is 11.9 Å². The number of aryl methyl sites for hydroxylation is 1. The molecule has 6 nitrogen and oxygen atoms in total. The third-order valence-corrected chi connectivity index (χ3v) is 3.92. The van der Waals surface area contributed by atoms with E-state index in [1.165, 1.54) is 6.07 Å². The fourth-order valence-corrected chi connectivity index (χ4v) is 2.63. The number of aromatic nitrogens is 2. The van der Waals surface area contributed by atoms with Gasteiger partial charge >= 0.3 is 0 Å². The van der Waals surface area contributed by atoms with Crippen molar-refractivity contribution >= 4 is 23.1 Å². The van der Waals surface area contributed by atoms with Crippen LogP contribution in [0.15, 0.2) is 42.6 Å². The highest BCUT2D eigenvalue weighted by molar-refractivity contribution is 5.63. The van der Waals surface area contributed by atoms with Crippen LogP contribution in [0.3, 0.4) is 0 Å². The van der Waals surface area contributed by atoms with Gasteiger partial charge in [0.25, 0.3) is 0 Å². The maximum Gasteiger partial charge on any atom is 0.229 e. The Balaban J connectivity index is 1.58. The zero-order valence-electron chi connectivity index (χ0n) is 14.4. The molecular weight excluding hydrogens is 354 g/mol. The topological polar surface area (TPSA) is 68.3 Å². The van der Waals surface area contributed by atoms with Crippen LogP contribution in [0.2, 0.25) is 0 Å². The predicted molar refractivity (Wildman–Crippen MR) is 97.1 cm³/mol. The lowest BCUT2D eigenvalue weighted by atomic mass is 10.2. The maximum atomic E-state index is 14.1. The van der Waals surface area contributed by atoms with E-state index in [1.807, 2.05) is 6.92 Å².